The quantitative estimate of drug-likeness (QED) is 0.676. The van der Waals surface area contributed by atoms with Crippen LogP contribution >= 0.6 is 0 Å². The van der Waals surface area contributed by atoms with E-state index in [1.807, 2.05) is 4.90 Å². The van der Waals surface area contributed by atoms with Crippen LogP contribution in [0.3, 0.4) is 0 Å². The van der Waals surface area contributed by atoms with E-state index in [-0.39, 0.29) is 12.5 Å². The lowest BCUT2D eigenvalue weighted by Gasteiger charge is -2.23. The molecule has 2 rings (SSSR count). The molecule has 1 unspecified atom stereocenters. The summed E-state index contributed by atoms with van der Waals surface area (Å²) in [6.07, 6.45) is 3.78. The van der Waals surface area contributed by atoms with Crippen LogP contribution in [0, 0.1) is 0 Å². The van der Waals surface area contributed by atoms with Crippen LogP contribution in [0.25, 0.3) is 0 Å². The van der Waals surface area contributed by atoms with Crippen molar-refractivity contribution >= 4 is 5.91 Å². The van der Waals surface area contributed by atoms with Gasteiger partial charge in [0.1, 0.15) is 6.61 Å². The number of hydrogen-bond donors (Lipinski definition) is 0. The minimum atomic E-state index is 0.138. The van der Waals surface area contributed by atoms with Crippen molar-refractivity contribution in [2.45, 2.75) is 25.3 Å². The molecule has 2 aliphatic heterocycles. The summed E-state index contributed by atoms with van der Waals surface area (Å²) in [5.41, 5.74) is 0. The lowest BCUT2D eigenvalue weighted by atomic mass is 10.2. The van der Waals surface area contributed by atoms with Crippen LogP contribution in [0.4, 0.5) is 0 Å². The van der Waals surface area contributed by atoms with Crippen LogP contribution < -0.4 is 0 Å². The van der Waals surface area contributed by atoms with Crippen LogP contribution in [0.15, 0.2) is 0 Å². The highest BCUT2D eigenvalue weighted by molar-refractivity contribution is 5.77. The molecule has 4 nitrogen and oxygen atoms in total. The molecule has 0 aromatic rings. The third-order valence-corrected chi connectivity index (χ3v) is 3.44. The average Bonchev–Trinajstić information content (AvgIpc) is 2.89. The zero-order chi connectivity index (χ0) is 10.7. The molecule has 15 heavy (non-hydrogen) atoms. The lowest BCUT2D eigenvalue weighted by Crippen LogP contribution is -2.38. The molecule has 4 heteroatoms. The highest BCUT2D eigenvalue weighted by atomic mass is 16.5. The zero-order valence-electron chi connectivity index (χ0n) is 9.45. The number of carbonyl (C=O) groups is 1. The van der Waals surface area contributed by atoms with E-state index in [1.54, 1.807) is 7.11 Å². The van der Waals surface area contributed by atoms with Gasteiger partial charge in [0.15, 0.2) is 0 Å². The van der Waals surface area contributed by atoms with Gasteiger partial charge in [-0.3, -0.25) is 9.69 Å². The summed E-state index contributed by atoms with van der Waals surface area (Å²) in [6.45, 7) is 4.48. The maximum Gasteiger partial charge on any atom is 0.248 e. The molecule has 0 aliphatic carbocycles. The molecular weight excluding hydrogens is 192 g/mol. The first kappa shape index (κ1) is 10.9. The van der Waals surface area contributed by atoms with Gasteiger partial charge >= 0.3 is 0 Å². The van der Waals surface area contributed by atoms with Gasteiger partial charge in [0.2, 0.25) is 5.91 Å². The second kappa shape index (κ2) is 4.94. The average molecular weight is 212 g/mol. The van der Waals surface area contributed by atoms with E-state index in [9.17, 15) is 4.79 Å². The van der Waals surface area contributed by atoms with E-state index in [0.717, 1.165) is 19.5 Å². The third kappa shape index (κ3) is 2.49. The van der Waals surface area contributed by atoms with Crippen molar-refractivity contribution in [3.8, 4) is 0 Å². The van der Waals surface area contributed by atoms with Gasteiger partial charge < -0.3 is 9.64 Å². The summed E-state index contributed by atoms with van der Waals surface area (Å²) in [5.74, 6) is 0.138. The molecule has 2 aliphatic rings. The SMILES string of the molecule is COCC(=O)N1CCC(N2CCCC2)C1. The van der Waals surface area contributed by atoms with Gasteiger partial charge in [0.25, 0.3) is 0 Å². The Morgan fingerprint density at radius 2 is 2.07 bits per heavy atom. The number of amides is 1. The molecule has 2 heterocycles. The Morgan fingerprint density at radius 1 is 1.33 bits per heavy atom. The fraction of sp³-hybridized carbons (Fsp3) is 0.909. The monoisotopic (exact) mass is 212 g/mol. The van der Waals surface area contributed by atoms with Gasteiger partial charge in [-0.25, -0.2) is 0 Å². The minimum Gasteiger partial charge on any atom is -0.375 e. The molecule has 0 saturated carbocycles. The summed E-state index contributed by atoms with van der Waals surface area (Å²) in [6, 6.07) is 0.605. The van der Waals surface area contributed by atoms with Crippen molar-refractivity contribution in [2.24, 2.45) is 0 Å². The summed E-state index contributed by atoms with van der Waals surface area (Å²) >= 11 is 0. The molecule has 0 aromatic carbocycles. The minimum absolute atomic E-state index is 0.138. The Hall–Kier alpha value is -0.610. The van der Waals surface area contributed by atoms with Crippen LogP contribution in [0.1, 0.15) is 19.3 Å². The van der Waals surface area contributed by atoms with Gasteiger partial charge in [-0.05, 0) is 32.4 Å². The number of methoxy groups -OCH3 is 1. The predicted octanol–water partition coefficient (Wildman–Crippen LogP) is 0.329. The molecule has 86 valence electrons. The normalized spacial score (nSPS) is 27.5. The maximum atomic E-state index is 11.6. The molecule has 0 aromatic heterocycles. The first-order valence-corrected chi connectivity index (χ1v) is 5.82. The van der Waals surface area contributed by atoms with Crippen molar-refractivity contribution < 1.29 is 9.53 Å². The van der Waals surface area contributed by atoms with Crippen molar-refractivity contribution in [1.29, 1.82) is 0 Å². The van der Waals surface area contributed by atoms with Crippen LogP contribution in [-0.2, 0) is 9.53 Å². The third-order valence-electron chi connectivity index (χ3n) is 3.44. The molecule has 2 fully saturated rings. The largest absolute Gasteiger partial charge is 0.375 e. The van der Waals surface area contributed by atoms with E-state index in [2.05, 4.69) is 4.90 Å². The Labute approximate surface area is 91.2 Å². The van der Waals surface area contributed by atoms with Crippen molar-refractivity contribution in [1.82, 2.24) is 9.80 Å². The molecule has 0 radical (unpaired) electrons. The number of likely N-dealkylation sites (tertiary alicyclic amines) is 2. The lowest BCUT2D eigenvalue weighted by molar-refractivity contribution is -0.134. The second-order valence-electron chi connectivity index (χ2n) is 4.46. The van der Waals surface area contributed by atoms with Crippen LogP contribution in [0.5, 0.6) is 0 Å². The van der Waals surface area contributed by atoms with E-state index < -0.39 is 0 Å². The van der Waals surface area contributed by atoms with Crippen molar-refractivity contribution in [2.75, 3.05) is 39.9 Å². The fourth-order valence-corrected chi connectivity index (χ4v) is 2.59. The van der Waals surface area contributed by atoms with Crippen molar-refractivity contribution in [3.05, 3.63) is 0 Å². The summed E-state index contributed by atoms with van der Waals surface area (Å²) < 4.78 is 4.87. The molecule has 0 spiro atoms. The summed E-state index contributed by atoms with van der Waals surface area (Å²) in [4.78, 5) is 16.1. The van der Waals surface area contributed by atoms with Gasteiger partial charge in [-0.2, -0.15) is 0 Å². The van der Waals surface area contributed by atoms with Crippen molar-refractivity contribution in [3.63, 3.8) is 0 Å². The Bertz CT molecular complexity index is 227. The molecule has 0 bridgehead atoms. The Kier molecular flexibility index (Phi) is 3.59. The smallest absolute Gasteiger partial charge is 0.248 e. The van der Waals surface area contributed by atoms with E-state index in [1.165, 1.54) is 25.9 Å². The Morgan fingerprint density at radius 3 is 2.73 bits per heavy atom. The molecule has 1 atom stereocenters. The molecular formula is C11H20N2O2. The standard InChI is InChI=1S/C11H20N2O2/c1-15-9-11(14)13-7-4-10(8-13)12-5-2-3-6-12/h10H,2-9H2,1H3. The number of hydrogen-bond acceptors (Lipinski definition) is 3. The predicted molar refractivity (Wildman–Crippen MR) is 57.7 cm³/mol. The van der Waals surface area contributed by atoms with Gasteiger partial charge in [-0.1, -0.05) is 0 Å². The highest BCUT2D eigenvalue weighted by Gasteiger charge is 2.31. The van der Waals surface area contributed by atoms with Crippen LogP contribution in [-0.4, -0.2) is 61.6 Å². The summed E-state index contributed by atoms with van der Waals surface area (Å²) in [5, 5.41) is 0. The van der Waals surface area contributed by atoms with E-state index in [0.29, 0.717) is 6.04 Å². The highest BCUT2D eigenvalue weighted by Crippen LogP contribution is 2.20. The maximum absolute atomic E-state index is 11.6. The molecule has 2 saturated heterocycles. The fourth-order valence-electron chi connectivity index (χ4n) is 2.59. The first-order valence-electron chi connectivity index (χ1n) is 5.82. The first-order chi connectivity index (χ1) is 7.31. The topological polar surface area (TPSA) is 32.8 Å². The molecule has 1 amide bonds. The summed E-state index contributed by atoms with van der Waals surface area (Å²) in [7, 11) is 1.58. The number of carbonyl (C=O) groups excluding carboxylic acids is 1. The number of rotatable bonds is 3. The zero-order valence-corrected chi connectivity index (χ0v) is 9.45. The Balaban J connectivity index is 1.80. The van der Waals surface area contributed by atoms with Gasteiger partial charge in [0, 0.05) is 26.2 Å². The van der Waals surface area contributed by atoms with Gasteiger partial charge in [0.05, 0.1) is 0 Å². The van der Waals surface area contributed by atoms with Crippen LogP contribution in [0.2, 0.25) is 0 Å². The van der Waals surface area contributed by atoms with E-state index in [4.69, 9.17) is 4.74 Å². The van der Waals surface area contributed by atoms with E-state index >= 15 is 0 Å². The van der Waals surface area contributed by atoms with Gasteiger partial charge in [-0.15, -0.1) is 0 Å². The number of ether oxygens (including phenoxy) is 1. The second-order valence-corrected chi connectivity index (χ2v) is 4.46. The molecule has 0 N–H and O–H groups in total. The number of nitrogens with zero attached hydrogens (tertiary/aromatic N) is 2.